The van der Waals surface area contributed by atoms with Crippen LogP contribution in [0.4, 0.5) is 0 Å². The molecule has 2 aromatic carbocycles. The molecule has 0 aliphatic heterocycles. The average Bonchev–Trinajstić information content (AvgIpc) is 2.45. The van der Waals surface area contributed by atoms with Crippen LogP contribution in [0.25, 0.3) is 0 Å². The summed E-state index contributed by atoms with van der Waals surface area (Å²) in [6.45, 7) is 3.80. The summed E-state index contributed by atoms with van der Waals surface area (Å²) in [6.07, 6.45) is 1.08. The molecule has 0 heterocycles. The lowest BCUT2D eigenvalue weighted by molar-refractivity contribution is 0.470. The Labute approximate surface area is 143 Å². The van der Waals surface area contributed by atoms with Crippen LogP contribution in [0.5, 0.6) is 11.5 Å². The number of hydrogen-bond acceptors (Lipinski definition) is 2. The van der Waals surface area contributed by atoms with Crippen molar-refractivity contribution in [2.45, 2.75) is 19.9 Å². The summed E-state index contributed by atoms with van der Waals surface area (Å²) < 4.78 is 6.77. The van der Waals surface area contributed by atoms with Gasteiger partial charge in [-0.15, -0.1) is 0 Å². The van der Waals surface area contributed by atoms with E-state index in [0.717, 1.165) is 29.5 Å². The molecule has 0 radical (unpaired) electrons. The molecule has 0 aliphatic rings. The molecule has 0 aromatic heterocycles. The van der Waals surface area contributed by atoms with Gasteiger partial charge < -0.3 is 10.1 Å². The first kappa shape index (κ1) is 16.6. The zero-order valence-corrected chi connectivity index (χ0v) is 14.7. The fourth-order valence-corrected chi connectivity index (χ4v) is 2.87. The molecule has 2 aromatic rings. The quantitative estimate of drug-likeness (QED) is 0.608. The van der Waals surface area contributed by atoms with Crippen molar-refractivity contribution in [3.8, 4) is 11.5 Å². The van der Waals surface area contributed by atoms with Gasteiger partial charge in [0, 0.05) is 17.1 Å². The summed E-state index contributed by atoms with van der Waals surface area (Å²) in [5.41, 5.74) is 1.03. The Morgan fingerprint density at radius 3 is 2.71 bits per heavy atom. The molecule has 2 rings (SSSR count). The Bertz CT molecular complexity index is 619. The van der Waals surface area contributed by atoms with Crippen LogP contribution in [0.3, 0.4) is 0 Å². The summed E-state index contributed by atoms with van der Waals surface area (Å²) in [7, 11) is 0. The van der Waals surface area contributed by atoms with E-state index in [0.29, 0.717) is 21.5 Å². The Morgan fingerprint density at radius 2 is 2.00 bits per heavy atom. The van der Waals surface area contributed by atoms with E-state index in [4.69, 9.17) is 27.9 Å². The first-order chi connectivity index (χ1) is 10.1. The second-order valence-corrected chi connectivity index (χ2v) is 6.28. The molecule has 0 fully saturated rings. The van der Waals surface area contributed by atoms with Crippen molar-refractivity contribution in [3.63, 3.8) is 0 Å². The molecule has 21 heavy (non-hydrogen) atoms. The van der Waals surface area contributed by atoms with Gasteiger partial charge in [-0.3, -0.25) is 0 Å². The molecule has 0 bridgehead atoms. The van der Waals surface area contributed by atoms with E-state index in [-0.39, 0.29) is 0 Å². The summed E-state index contributed by atoms with van der Waals surface area (Å²) in [5, 5.41) is 4.60. The predicted octanol–water partition coefficient (Wildman–Crippen LogP) is 6.05. The third kappa shape index (κ3) is 4.62. The van der Waals surface area contributed by atoms with E-state index in [9.17, 15) is 0 Å². The minimum absolute atomic E-state index is 0.590. The third-order valence-corrected chi connectivity index (χ3v) is 4.05. The lowest BCUT2D eigenvalue weighted by Crippen LogP contribution is -2.14. The Hall–Kier alpha value is -0.740. The standard InChI is InChI=1S/C16H16BrCl2NO/c1-2-8-20-10-11-4-3-5-14(19)16(11)21-15-7-6-12(18)9-13(15)17/h3-7,9,20H,2,8,10H2,1H3. The molecular weight excluding hydrogens is 373 g/mol. The number of halogens is 3. The van der Waals surface area contributed by atoms with E-state index in [2.05, 4.69) is 28.2 Å². The van der Waals surface area contributed by atoms with Crippen molar-refractivity contribution < 1.29 is 4.74 Å². The molecule has 0 saturated heterocycles. The number of rotatable bonds is 6. The molecule has 1 N–H and O–H groups in total. The zero-order chi connectivity index (χ0) is 15.2. The Morgan fingerprint density at radius 1 is 1.19 bits per heavy atom. The number of nitrogens with one attached hydrogen (secondary N) is 1. The van der Waals surface area contributed by atoms with Gasteiger partial charge >= 0.3 is 0 Å². The van der Waals surface area contributed by atoms with Crippen molar-refractivity contribution in [2.24, 2.45) is 0 Å². The second-order valence-electron chi connectivity index (χ2n) is 4.58. The van der Waals surface area contributed by atoms with Gasteiger partial charge in [0.2, 0.25) is 0 Å². The van der Waals surface area contributed by atoms with Crippen LogP contribution in [0, 0.1) is 0 Å². The number of ether oxygens (including phenoxy) is 1. The van der Waals surface area contributed by atoms with Gasteiger partial charge in [-0.1, -0.05) is 42.3 Å². The highest BCUT2D eigenvalue weighted by atomic mass is 79.9. The van der Waals surface area contributed by atoms with Gasteiger partial charge in [-0.05, 0) is 53.2 Å². The zero-order valence-electron chi connectivity index (χ0n) is 11.6. The summed E-state index contributed by atoms with van der Waals surface area (Å²) in [4.78, 5) is 0. The molecule has 0 aliphatic carbocycles. The average molecular weight is 389 g/mol. The molecule has 2 nitrogen and oxygen atoms in total. The van der Waals surface area contributed by atoms with E-state index in [1.165, 1.54) is 0 Å². The van der Waals surface area contributed by atoms with Crippen LogP contribution in [0.2, 0.25) is 10.0 Å². The molecule has 0 unspecified atom stereocenters. The van der Waals surface area contributed by atoms with Crippen LogP contribution in [0.15, 0.2) is 40.9 Å². The third-order valence-electron chi connectivity index (χ3n) is 2.90. The van der Waals surface area contributed by atoms with E-state index in [1.54, 1.807) is 12.1 Å². The molecule has 0 amide bonds. The molecule has 0 spiro atoms. The highest BCUT2D eigenvalue weighted by Crippen LogP contribution is 2.37. The van der Waals surface area contributed by atoms with E-state index >= 15 is 0 Å². The van der Waals surface area contributed by atoms with Crippen molar-refractivity contribution in [1.82, 2.24) is 5.32 Å². The normalized spacial score (nSPS) is 10.7. The minimum Gasteiger partial charge on any atom is -0.454 e. The fraction of sp³-hybridized carbons (Fsp3) is 0.250. The van der Waals surface area contributed by atoms with E-state index in [1.807, 2.05) is 24.3 Å². The van der Waals surface area contributed by atoms with Gasteiger partial charge in [0.05, 0.1) is 9.50 Å². The number of hydrogen-bond donors (Lipinski definition) is 1. The number of benzene rings is 2. The maximum Gasteiger partial charge on any atom is 0.150 e. The van der Waals surface area contributed by atoms with Gasteiger partial charge in [-0.2, -0.15) is 0 Å². The van der Waals surface area contributed by atoms with Gasteiger partial charge in [0.25, 0.3) is 0 Å². The Balaban J connectivity index is 2.25. The fourth-order valence-electron chi connectivity index (χ4n) is 1.87. The monoisotopic (exact) mass is 387 g/mol. The Kier molecular flexibility index (Phi) is 6.37. The largest absolute Gasteiger partial charge is 0.454 e. The maximum absolute atomic E-state index is 6.28. The highest BCUT2D eigenvalue weighted by Gasteiger charge is 2.11. The predicted molar refractivity (Wildman–Crippen MR) is 92.7 cm³/mol. The van der Waals surface area contributed by atoms with Crippen LogP contribution in [0.1, 0.15) is 18.9 Å². The molecule has 0 atom stereocenters. The minimum atomic E-state index is 0.590. The lowest BCUT2D eigenvalue weighted by atomic mass is 10.2. The van der Waals surface area contributed by atoms with Crippen molar-refractivity contribution in [1.29, 1.82) is 0 Å². The van der Waals surface area contributed by atoms with Crippen LogP contribution >= 0.6 is 39.1 Å². The lowest BCUT2D eigenvalue weighted by Gasteiger charge is -2.14. The van der Waals surface area contributed by atoms with Gasteiger partial charge in [0.1, 0.15) is 5.75 Å². The molecule has 112 valence electrons. The van der Waals surface area contributed by atoms with Crippen LogP contribution in [-0.2, 0) is 6.54 Å². The molecule has 5 heteroatoms. The van der Waals surface area contributed by atoms with Crippen molar-refractivity contribution in [2.75, 3.05) is 6.54 Å². The maximum atomic E-state index is 6.28. The van der Waals surface area contributed by atoms with Crippen LogP contribution in [-0.4, -0.2) is 6.54 Å². The second kappa shape index (κ2) is 8.04. The highest BCUT2D eigenvalue weighted by molar-refractivity contribution is 9.10. The number of para-hydroxylation sites is 1. The summed E-state index contributed by atoms with van der Waals surface area (Å²) in [5.74, 6) is 1.36. The van der Waals surface area contributed by atoms with Gasteiger partial charge in [-0.25, -0.2) is 0 Å². The SMILES string of the molecule is CCCNCc1cccc(Cl)c1Oc1ccc(Cl)cc1Br. The summed E-state index contributed by atoms with van der Waals surface area (Å²) >= 11 is 15.7. The first-order valence-corrected chi connectivity index (χ1v) is 8.27. The summed E-state index contributed by atoms with van der Waals surface area (Å²) in [6, 6.07) is 11.2. The smallest absolute Gasteiger partial charge is 0.150 e. The van der Waals surface area contributed by atoms with Gasteiger partial charge in [0.15, 0.2) is 5.75 Å². The molecule has 0 saturated carbocycles. The van der Waals surface area contributed by atoms with Crippen LogP contribution < -0.4 is 10.1 Å². The van der Waals surface area contributed by atoms with Crippen molar-refractivity contribution >= 4 is 39.1 Å². The molecular formula is C16H16BrCl2NO. The topological polar surface area (TPSA) is 21.3 Å². The van der Waals surface area contributed by atoms with E-state index < -0.39 is 0 Å². The van der Waals surface area contributed by atoms with Crippen molar-refractivity contribution in [3.05, 3.63) is 56.5 Å². The first-order valence-electron chi connectivity index (χ1n) is 6.73.